The summed E-state index contributed by atoms with van der Waals surface area (Å²) in [6.07, 6.45) is 2.25. The molecule has 0 aliphatic carbocycles. The molecule has 1 fully saturated rings. The van der Waals surface area contributed by atoms with Gasteiger partial charge in [0.05, 0.1) is 24.0 Å². The number of carbonyl (C=O) groups is 1. The molecule has 136 valence electrons. The summed E-state index contributed by atoms with van der Waals surface area (Å²) in [5, 5.41) is 0.641. The van der Waals surface area contributed by atoms with Gasteiger partial charge in [-0.2, -0.15) is 0 Å². The van der Waals surface area contributed by atoms with Crippen LogP contribution in [0, 0.1) is 0 Å². The van der Waals surface area contributed by atoms with E-state index >= 15 is 0 Å². The van der Waals surface area contributed by atoms with E-state index in [1.165, 1.54) is 0 Å². The number of rotatable bonds is 3. The Bertz CT molecular complexity index is 821. The van der Waals surface area contributed by atoms with Crippen molar-refractivity contribution in [2.45, 2.75) is 28.7 Å². The zero-order valence-corrected chi connectivity index (χ0v) is 16.2. The second kappa shape index (κ2) is 7.61. The van der Waals surface area contributed by atoms with Crippen molar-refractivity contribution in [1.29, 1.82) is 0 Å². The molecule has 4 nitrogen and oxygen atoms in total. The third-order valence-corrected chi connectivity index (χ3v) is 6.33. The van der Waals surface area contributed by atoms with Gasteiger partial charge < -0.3 is 4.74 Å². The number of carbonyl (C=O) groups excluding carboxylic acids is 1. The van der Waals surface area contributed by atoms with Gasteiger partial charge in [-0.15, -0.1) is 0 Å². The van der Waals surface area contributed by atoms with Crippen LogP contribution in [0.2, 0.25) is 5.02 Å². The molecule has 0 bridgehead atoms. The normalized spacial score (nSPS) is 17.7. The van der Waals surface area contributed by atoms with Crippen LogP contribution in [0.3, 0.4) is 0 Å². The Morgan fingerprint density at radius 1 is 1.15 bits per heavy atom. The van der Waals surface area contributed by atoms with Crippen molar-refractivity contribution < 1.29 is 9.53 Å². The van der Waals surface area contributed by atoms with Gasteiger partial charge in [0.1, 0.15) is 0 Å². The Morgan fingerprint density at radius 2 is 1.88 bits per heavy atom. The summed E-state index contributed by atoms with van der Waals surface area (Å²) in [5.74, 6) is 0.0807. The predicted molar refractivity (Wildman–Crippen MR) is 106 cm³/mol. The summed E-state index contributed by atoms with van der Waals surface area (Å²) in [6.45, 7) is 2.18. The van der Waals surface area contributed by atoms with Crippen LogP contribution in [0.4, 0.5) is 11.4 Å². The molecule has 1 amide bonds. The first kappa shape index (κ1) is 17.9. The highest BCUT2D eigenvalue weighted by atomic mass is 35.5. The third-order valence-electron chi connectivity index (χ3n) is 4.96. The maximum Gasteiger partial charge on any atom is 0.245 e. The maximum absolute atomic E-state index is 13.3. The first-order valence-corrected chi connectivity index (χ1v) is 9.99. The number of fused-ring (bicyclic) bond motifs is 2. The average Bonchev–Trinajstić information content (AvgIpc) is 2.66. The Morgan fingerprint density at radius 3 is 2.65 bits per heavy atom. The summed E-state index contributed by atoms with van der Waals surface area (Å²) in [5.41, 5.74) is 1.81. The minimum Gasteiger partial charge on any atom is -0.381 e. The Balaban J connectivity index is 1.61. The summed E-state index contributed by atoms with van der Waals surface area (Å²) in [6, 6.07) is 13.8. The van der Waals surface area contributed by atoms with Gasteiger partial charge >= 0.3 is 0 Å². The largest absolute Gasteiger partial charge is 0.381 e. The molecule has 0 N–H and O–H groups in total. The Kier molecular flexibility index (Phi) is 5.23. The second-order valence-corrected chi connectivity index (χ2v) is 8.14. The third kappa shape index (κ3) is 3.49. The van der Waals surface area contributed by atoms with Crippen molar-refractivity contribution >= 4 is 40.6 Å². The smallest absolute Gasteiger partial charge is 0.245 e. The topological polar surface area (TPSA) is 32.8 Å². The first-order valence-electron chi connectivity index (χ1n) is 8.80. The van der Waals surface area contributed by atoms with E-state index < -0.39 is 0 Å². The Labute approximate surface area is 163 Å². The van der Waals surface area contributed by atoms with E-state index in [0.717, 1.165) is 47.1 Å². The molecule has 2 aliphatic heterocycles. The summed E-state index contributed by atoms with van der Waals surface area (Å²) >= 11 is 7.91. The predicted octanol–water partition coefficient (Wildman–Crippen LogP) is 4.58. The minimum atomic E-state index is 0.0807. The van der Waals surface area contributed by atoms with E-state index in [9.17, 15) is 4.79 Å². The first-order chi connectivity index (χ1) is 12.7. The zero-order valence-electron chi connectivity index (χ0n) is 14.7. The average molecular weight is 389 g/mol. The number of halogens is 1. The molecule has 0 atom stereocenters. The van der Waals surface area contributed by atoms with Gasteiger partial charge in [-0.25, -0.2) is 0 Å². The fourth-order valence-electron chi connectivity index (χ4n) is 3.56. The van der Waals surface area contributed by atoms with Gasteiger partial charge in [-0.1, -0.05) is 35.5 Å². The molecule has 0 spiro atoms. The van der Waals surface area contributed by atoms with Crippen molar-refractivity contribution in [2.75, 3.05) is 31.6 Å². The van der Waals surface area contributed by atoms with E-state index in [2.05, 4.69) is 11.0 Å². The van der Waals surface area contributed by atoms with E-state index in [-0.39, 0.29) is 5.91 Å². The number of benzene rings is 2. The molecule has 2 aromatic rings. The SMILES string of the molecule is COC1CCN(CC(=O)N2c3ccccc3Sc3ccc(Cl)cc32)CC1. The molecular formula is C20H21ClN2O2S. The van der Waals surface area contributed by atoms with Crippen LogP contribution < -0.4 is 4.90 Å². The quantitative estimate of drug-likeness (QED) is 0.770. The Hall–Kier alpha value is -1.53. The number of para-hydroxylation sites is 1. The molecule has 0 aromatic heterocycles. The number of likely N-dealkylation sites (tertiary alicyclic amines) is 1. The lowest BCUT2D eigenvalue weighted by molar-refractivity contribution is -0.119. The number of amides is 1. The van der Waals surface area contributed by atoms with Crippen LogP contribution in [0.1, 0.15) is 12.8 Å². The summed E-state index contributed by atoms with van der Waals surface area (Å²) < 4.78 is 5.43. The van der Waals surface area contributed by atoms with Crippen LogP contribution in [0.15, 0.2) is 52.3 Å². The fraction of sp³-hybridized carbons (Fsp3) is 0.350. The van der Waals surface area contributed by atoms with Crippen molar-refractivity contribution in [2.24, 2.45) is 0 Å². The number of methoxy groups -OCH3 is 1. The number of anilines is 2. The number of piperidine rings is 1. The molecule has 4 rings (SSSR count). The lowest BCUT2D eigenvalue weighted by Gasteiger charge is -2.35. The van der Waals surface area contributed by atoms with Gasteiger partial charge in [0.2, 0.25) is 5.91 Å². The van der Waals surface area contributed by atoms with Gasteiger partial charge in [-0.05, 0) is 43.2 Å². The van der Waals surface area contributed by atoms with Crippen molar-refractivity contribution in [3.8, 4) is 0 Å². The molecule has 2 heterocycles. The number of hydrogen-bond acceptors (Lipinski definition) is 4. The van der Waals surface area contributed by atoms with Crippen LogP contribution in [0.5, 0.6) is 0 Å². The zero-order chi connectivity index (χ0) is 18.1. The fourth-order valence-corrected chi connectivity index (χ4v) is 4.77. The number of ether oxygens (including phenoxy) is 1. The van der Waals surface area contributed by atoms with Gasteiger partial charge in [0.15, 0.2) is 0 Å². The molecule has 2 aliphatic rings. The number of nitrogens with zero attached hydrogens (tertiary/aromatic N) is 2. The van der Waals surface area contributed by atoms with E-state index in [1.54, 1.807) is 18.9 Å². The molecule has 1 saturated heterocycles. The highest BCUT2D eigenvalue weighted by Crippen LogP contribution is 2.48. The van der Waals surface area contributed by atoms with E-state index in [1.807, 2.05) is 41.3 Å². The van der Waals surface area contributed by atoms with Crippen molar-refractivity contribution in [3.05, 3.63) is 47.5 Å². The van der Waals surface area contributed by atoms with E-state index in [0.29, 0.717) is 17.7 Å². The standard InChI is InChI=1S/C20H21ClN2O2S/c1-25-15-8-10-22(11-9-15)13-20(24)23-16-4-2-3-5-18(16)26-19-7-6-14(21)12-17(19)23/h2-7,12,15H,8-11,13H2,1H3. The van der Waals surface area contributed by atoms with Gasteiger partial charge in [0, 0.05) is 35.0 Å². The van der Waals surface area contributed by atoms with E-state index in [4.69, 9.17) is 16.3 Å². The van der Waals surface area contributed by atoms with Crippen LogP contribution in [0.25, 0.3) is 0 Å². The van der Waals surface area contributed by atoms with Crippen molar-refractivity contribution in [3.63, 3.8) is 0 Å². The highest BCUT2D eigenvalue weighted by Gasteiger charge is 2.30. The van der Waals surface area contributed by atoms with Crippen LogP contribution >= 0.6 is 23.4 Å². The molecule has 0 saturated carbocycles. The molecule has 2 aromatic carbocycles. The lowest BCUT2D eigenvalue weighted by Crippen LogP contribution is -2.43. The second-order valence-electron chi connectivity index (χ2n) is 6.62. The molecule has 26 heavy (non-hydrogen) atoms. The molecule has 0 unspecified atom stereocenters. The molecular weight excluding hydrogens is 368 g/mol. The van der Waals surface area contributed by atoms with Gasteiger partial charge in [-0.3, -0.25) is 14.6 Å². The van der Waals surface area contributed by atoms with Crippen LogP contribution in [-0.4, -0.2) is 43.7 Å². The van der Waals surface area contributed by atoms with Gasteiger partial charge in [0.25, 0.3) is 0 Å². The molecule has 0 radical (unpaired) electrons. The minimum absolute atomic E-state index is 0.0807. The lowest BCUT2D eigenvalue weighted by atomic mass is 10.1. The monoisotopic (exact) mass is 388 g/mol. The molecule has 6 heteroatoms. The van der Waals surface area contributed by atoms with Crippen molar-refractivity contribution in [1.82, 2.24) is 4.90 Å². The van der Waals surface area contributed by atoms with Crippen LogP contribution in [-0.2, 0) is 9.53 Å². The highest BCUT2D eigenvalue weighted by molar-refractivity contribution is 7.99. The number of hydrogen-bond donors (Lipinski definition) is 0. The summed E-state index contributed by atoms with van der Waals surface area (Å²) in [7, 11) is 1.76. The summed E-state index contributed by atoms with van der Waals surface area (Å²) in [4.78, 5) is 19.4. The maximum atomic E-state index is 13.3.